The van der Waals surface area contributed by atoms with Gasteiger partial charge in [0.15, 0.2) is 11.5 Å². The van der Waals surface area contributed by atoms with Crippen LogP contribution in [0.5, 0.6) is 11.5 Å². The molecule has 0 fully saturated rings. The summed E-state index contributed by atoms with van der Waals surface area (Å²) in [6.45, 7) is 0. The van der Waals surface area contributed by atoms with Crippen LogP contribution in [0.3, 0.4) is 0 Å². The highest BCUT2D eigenvalue weighted by atomic mass is 16.5. The lowest BCUT2D eigenvalue weighted by molar-refractivity contribution is 0.477. The maximum atomic E-state index is 6.53. The van der Waals surface area contributed by atoms with Crippen molar-refractivity contribution >= 4 is 38.9 Å². The molecule has 0 saturated heterocycles. The summed E-state index contributed by atoms with van der Waals surface area (Å²) in [4.78, 5) is 2.28. The second kappa shape index (κ2) is 11.9. The van der Waals surface area contributed by atoms with Crippen LogP contribution in [0.25, 0.3) is 60.9 Å². The molecule has 0 N–H and O–H groups in total. The predicted octanol–water partition coefficient (Wildman–Crippen LogP) is 13.4. The van der Waals surface area contributed by atoms with Crippen LogP contribution in [0.2, 0.25) is 0 Å². The molecule has 240 valence electrons. The zero-order valence-corrected chi connectivity index (χ0v) is 27.8. The zero-order valence-electron chi connectivity index (χ0n) is 27.8. The number of rotatable bonds is 5. The second-order valence-corrected chi connectivity index (χ2v) is 13.0. The van der Waals surface area contributed by atoms with E-state index in [9.17, 15) is 0 Å². The van der Waals surface area contributed by atoms with Gasteiger partial charge in [-0.2, -0.15) is 0 Å². The van der Waals surface area contributed by atoms with Crippen molar-refractivity contribution in [1.29, 1.82) is 0 Å². The molecule has 9 aromatic rings. The summed E-state index contributed by atoms with van der Waals surface area (Å²) < 4.78 is 8.92. The fourth-order valence-corrected chi connectivity index (χ4v) is 7.53. The van der Waals surface area contributed by atoms with E-state index in [1.807, 2.05) is 18.2 Å². The summed E-state index contributed by atoms with van der Waals surface area (Å²) >= 11 is 0. The van der Waals surface area contributed by atoms with E-state index in [1.54, 1.807) is 0 Å². The summed E-state index contributed by atoms with van der Waals surface area (Å²) in [5.41, 5.74) is 13.7. The molecular weight excluding hydrogens is 621 g/mol. The molecule has 0 atom stereocenters. The van der Waals surface area contributed by atoms with Gasteiger partial charge in [-0.25, -0.2) is 0 Å². The molecule has 10 rings (SSSR count). The number of nitrogens with zero attached hydrogens (tertiary/aromatic N) is 2. The van der Waals surface area contributed by atoms with Crippen LogP contribution in [-0.2, 0) is 0 Å². The number of benzene rings is 8. The number of fused-ring (bicyclic) bond motifs is 5. The van der Waals surface area contributed by atoms with Crippen LogP contribution >= 0.6 is 0 Å². The molecule has 51 heavy (non-hydrogen) atoms. The summed E-state index contributed by atoms with van der Waals surface area (Å²) in [7, 11) is 0. The molecular formula is C48H32N2O. The molecule has 0 aliphatic carbocycles. The summed E-state index contributed by atoms with van der Waals surface area (Å²) in [5, 5.41) is 2.49. The standard InChI is InChI=1S/C48H32N2O/c1-3-12-33(13-4-1)34-22-26-40(27-23-34)49-43-19-8-7-18-41(43)42-28-24-37(31-46(42)49)35-14-11-15-36(30-35)38-25-29-45-48(32-38)51-47-21-10-9-20-44(47)50(45)39-16-5-2-6-17-39/h1-32H. The van der Waals surface area contributed by atoms with E-state index in [0.29, 0.717) is 0 Å². The lowest BCUT2D eigenvalue weighted by atomic mass is 9.97. The number of para-hydroxylation sites is 4. The summed E-state index contributed by atoms with van der Waals surface area (Å²) in [5.74, 6) is 1.68. The lowest BCUT2D eigenvalue weighted by Crippen LogP contribution is -2.15. The van der Waals surface area contributed by atoms with Gasteiger partial charge >= 0.3 is 0 Å². The lowest BCUT2D eigenvalue weighted by Gasteiger charge is -2.33. The fraction of sp³-hybridized carbons (Fsp3) is 0. The van der Waals surface area contributed by atoms with Crippen LogP contribution in [0.4, 0.5) is 17.1 Å². The number of anilines is 3. The van der Waals surface area contributed by atoms with Gasteiger partial charge in [0, 0.05) is 22.1 Å². The average molecular weight is 653 g/mol. The van der Waals surface area contributed by atoms with Crippen LogP contribution < -0.4 is 9.64 Å². The summed E-state index contributed by atoms with van der Waals surface area (Å²) in [6, 6.07) is 69.1. The number of aromatic nitrogens is 1. The van der Waals surface area contributed by atoms with E-state index in [4.69, 9.17) is 4.74 Å². The van der Waals surface area contributed by atoms with Gasteiger partial charge < -0.3 is 14.2 Å². The maximum Gasteiger partial charge on any atom is 0.152 e. The first-order valence-electron chi connectivity index (χ1n) is 17.3. The van der Waals surface area contributed by atoms with Crippen LogP contribution in [-0.4, -0.2) is 4.57 Å². The van der Waals surface area contributed by atoms with Crippen molar-refractivity contribution in [2.24, 2.45) is 0 Å². The Morgan fingerprint density at radius 2 is 0.882 bits per heavy atom. The molecule has 0 radical (unpaired) electrons. The molecule has 1 aliphatic heterocycles. The van der Waals surface area contributed by atoms with Crippen LogP contribution in [0.1, 0.15) is 0 Å². The van der Waals surface area contributed by atoms with Crippen molar-refractivity contribution in [2.45, 2.75) is 0 Å². The second-order valence-electron chi connectivity index (χ2n) is 13.0. The minimum atomic E-state index is 0.838. The Hall–Kier alpha value is -6.84. The average Bonchev–Trinajstić information content (AvgIpc) is 3.54. The van der Waals surface area contributed by atoms with Gasteiger partial charge in [0.2, 0.25) is 0 Å². The van der Waals surface area contributed by atoms with E-state index in [1.165, 1.54) is 44.1 Å². The van der Waals surface area contributed by atoms with Crippen LogP contribution in [0, 0.1) is 0 Å². The number of hydrogen-bond acceptors (Lipinski definition) is 2. The molecule has 0 amide bonds. The molecule has 0 bridgehead atoms. The molecule has 8 aromatic carbocycles. The first kappa shape index (κ1) is 29.1. The van der Waals surface area contributed by atoms with E-state index in [-0.39, 0.29) is 0 Å². The monoisotopic (exact) mass is 652 g/mol. The molecule has 0 unspecified atom stereocenters. The Kier molecular flexibility index (Phi) is 6.81. The molecule has 1 aliphatic rings. The van der Waals surface area contributed by atoms with Gasteiger partial charge in [-0.3, -0.25) is 0 Å². The van der Waals surface area contributed by atoms with Crippen LogP contribution in [0.15, 0.2) is 194 Å². The molecule has 1 aromatic heterocycles. The third kappa shape index (κ3) is 4.98. The minimum Gasteiger partial charge on any atom is -0.453 e. The van der Waals surface area contributed by atoms with Crippen molar-refractivity contribution in [3.05, 3.63) is 194 Å². The fourth-order valence-electron chi connectivity index (χ4n) is 7.53. The Labute approximate surface area is 296 Å². The first-order chi connectivity index (χ1) is 25.3. The SMILES string of the molecule is c1ccc(-c2ccc(-n3c4ccccc4c4ccc(-c5cccc(-c6ccc7c(c6)Oc6ccccc6N7c6ccccc6)c5)cc43)cc2)cc1. The van der Waals surface area contributed by atoms with Crippen molar-refractivity contribution in [2.75, 3.05) is 4.90 Å². The Morgan fingerprint density at radius 3 is 1.71 bits per heavy atom. The molecule has 0 spiro atoms. The highest BCUT2D eigenvalue weighted by molar-refractivity contribution is 6.10. The highest BCUT2D eigenvalue weighted by Gasteiger charge is 2.26. The third-order valence-electron chi connectivity index (χ3n) is 9.98. The normalized spacial score (nSPS) is 12.0. The first-order valence-corrected chi connectivity index (χ1v) is 17.3. The number of ether oxygens (including phenoxy) is 1. The summed E-state index contributed by atoms with van der Waals surface area (Å²) in [6.07, 6.45) is 0. The topological polar surface area (TPSA) is 17.4 Å². The quantitative estimate of drug-likeness (QED) is 0.184. The number of hydrogen-bond donors (Lipinski definition) is 0. The largest absolute Gasteiger partial charge is 0.453 e. The van der Waals surface area contributed by atoms with Gasteiger partial charge in [0.1, 0.15) is 0 Å². The predicted molar refractivity (Wildman–Crippen MR) is 212 cm³/mol. The van der Waals surface area contributed by atoms with Gasteiger partial charge in [0.25, 0.3) is 0 Å². The highest BCUT2D eigenvalue weighted by Crippen LogP contribution is 2.51. The van der Waals surface area contributed by atoms with Gasteiger partial charge in [0.05, 0.1) is 22.4 Å². The van der Waals surface area contributed by atoms with Crippen molar-refractivity contribution in [3.8, 4) is 50.6 Å². The van der Waals surface area contributed by atoms with E-state index < -0.39 is 0 Å². The minimum absolute atomic E-state index is 0.838. The molecule has 3 nitrogen and oxygen atoms in total. The van der Waals surface area contributed by atoms with Crippen molar-refractivity contribution in [1.82, 2.24) is 4.57 Å². The molecule has 0 saturated carbocycles. The smallest absolute Gasteiger partial charge is 0.152 e. The zero-order chi connectivity index (χ0) is 33.7. The van der Waals surface area contributed by atoms with E-state index in [2.05, 4.69) is 185 Å². The third-order valence-corrected chi connectivity index (χ3v) is 9.98. The van der Waals surface area contributed by atoms with Gasteiger partial charge in [-0.05, 0) is 100 Å². The van der Waals surface area contributed by atoms with Crippen molar-refractivity contribution in [3.63, 3.8) is 0 Å². The Balaban J connectivity index is 1.05. The van der Waals surface area contributed by atoms with Gasteiger partial charge in [-0.15, -0.1) is 0 Å². The Morgan fingerprint density at radius 1 is 0.314 bits per heavy atom. The Bertz CT molecular complexity index is 2710. The molecule has 2 heterocycles. The van der Waals surface area contributed by atoms with Gasteiger partial charge in [-0.1, -0.05) is 127 Å². The molecule has 3 heteroatoms. The maximum absolute atomic E-state index is 6.53. The van der Waals surface area contributed by atoms with Crippen molar-refractivity contribution < 1.29 is 4.74 Å². The van der Waals surface area contributed by atoms with E-state index >= 15 is 0 Å². The van der Waals surface area contributed by atoms with E-state index in [0.717, 1.165) is 45.4 Å².